The molecule has 1 aromatic carbocycles. The summed E-state index contributed by atoms with van der Waals surface area (Å²) in [5.74, 6) is 2.14. The van der Waals surface area contributed by atoms with E-state index in [0.29, 0.717) is 6.42 Å². The number of amides is 1. The SMILES string of the molecule is CCCc1nc2cccnc2n1[C@@H]1CCN(C(=O)CCc2ccc(OC)cc2)C1. The molecule has 2 aromatic heterocycles. The molecule has 152 valence electrons. The molecule has 29 heavy (non-hydrogen) atoms. The molecule has 1 saturated heterocycles. The zero-order valence-electron chi connectivity index (χ0n) is 17.2. The van der Waals surface area contributed by atoms with E-state index in [4.69, 9.17) is 9.72 Å². The van der Waals surface area contributed by atoms with Crippen molar-refractivity contribution in [3.05, 3.63) is 54.0 Å². The van der Waals surface area contributed by atoms with Gasteiger partial charge in [0.2, 0.25) is 5.91 Å². The quantitative estimate of drug-likeness (QED) is 0.614. The van der Waals surface area contributed by atoms with Crippen molar-refractivity contribution in [2.75, 3.05) is 20.2 Å². The van der Waals surface area contributed by atoms with Crippen LogP contribution in [-0.2, 0) is 17.6 Å². The Bertz CT molecular complexity index is 980. The number of aromatic nitrogens is 3. The van der Waals surface area contributed by atoms with Gasteiger partial charge in [-0.1, -0.05) is 19.1 Å². The van der Waals surface area contributed by atoms with Crippen LogP contribution in [0.4, 0.5) is 0 Å². The predicted octanol–water partition coefficient (Wildman–Crippen LogP) is 3.80. The Morgan fingerprint density at radius 2 is 2.03 bits per heavy atom. The number of methoxy groups -OCH3 is 1. The first kappa shape index (κ1) is 19.4. The molecule has 0 aliphatic carbocycles. The highest BCUT2D eigenvalue weighted by molar-refractivity contribution is 5.77. The number of imidazole rings is 1. The second-order valence-electron chi connectivity index (χ2n) is 7.62. The standard InChI is InChI=1S/C23H28N4O2/c1-3-5-21-25-20-6-4-14-24-23(20)27(21)18-13-15-26(16-18)22(28)12-9-17-7-10-19(29-2)11-8-17/h4,6-8,10-11,14,18H,3,5,9,12-13,15-16H2,1-2H3/t18-/m1/s1. The van der Waals surface area contributed by atoms with E-state index in [0.717, 1.165) is 67.1 Å². The normalized spacial score (nSPS) is 16.5. The van der Waals surface area contributed by atoms with Gasteiger partial charge in [0, 0.05) is 32.1 Å². The molecule has 0 N–H and O–H groups in total. The molecule has 4 rings (SSSR count). The van der Waals surface area contributed by atoms with Gasteiger partial charge in [0.1, 0.15) is 17.1 Å². The molecule has 1 aliphatic rings. The number of likely N-dealkylation sites (tertiary alicyclic amines) is 1. The monoisotopic (exact) mass is 392 g/mol. The Labute approximate surface area is 171 Å². The molecule has 3 heterocycles. The molecule has 1 aliphatic heterocycles. The van der Waals surface area contributed by atoms with Gasteiger partial charge in [-0.25, -0.2) is 9.97 Å². The molecule has 1 atom stereocenters. The Hall–Kier alpha value is -2.89. The average molecular weight is 393 g/mol. The molecule has 0 bridgehead atoms. The third-order valence-electron chi connectivity index (χ3n) is 5.66. The summed E-state index contributed by atoms with van der Waals surface area (Å²) in [6, 6.07) is 12.1. The number of carbonyl (C=O) groups excluding carboxylic acids is 1. The lowest BCUT2D eigenvalue weighted by atomic mass is 10.1. The second kappa shape index (κ2) is 8.64. The lowest BCUT2D eigenvalue weighted by Crippen LogP contribution is -2.29. The zero-order chi connectivity index (χ0) is 20.2. The smallest absolute Gasteiger partial charge is 0.222 e. The summed E-state index contributed by atoms with van der Waals surface area (Å²) in [6.45, 7) is 3.70. The molecular weight excluding hydrogens is 364 g/mol. The second-order valence-corrected chi connectivity index (χ2v) is 7.62. The molecular formula is C23H28N4O2. The fourth-order valence-corrected chi connectivity index (χ4v) is 4.14. The average Bonchev–Trinajstić information content (AvgIpc) is 3.37. The molecule has 6 nitrogen and oxygen atoms in total. The summed E-state index contributed by atoms with van der Waals surface area (Å²) in [7, 11) is 1.66. The van der Waals surface area contributed by atoms with Gasteiger partial charge in [0.15, 0.2) is 5.65 Å². The van der Waals surface area contributed by atoms with Crippen LogP contribution >= 0.6 is 0 Å². The number of hydrogen-bond donors (Lipinski definition) is 0. The van der Waals surface area contributed by atoms with Gasteiger partial charge in [0.05, 0.1) is 13.2 Å². The highest BCUT2D eigenvalue weighted by atomic mass is 16.5. The van der Waals surface area contributed by atoms with Crippen LogP contribution in [-0.4, -0.2) is 45.5 Å². The molecule has 0 unspecified atom stereocenters. The van der Waals surface area contributed by atoms with Crippen LogP contribution in [0, 0.1) is 0 Å². The van der Waals surface area contributed by atoms with Crippen LogP contribution in [0.15, 0.2) is 42.6 Å². The number of aryl methyl sites for hydroxylation is 2. The zero-order valence-corrected chi connectivity index (χ0v) is 17.2. The van der Waals surface area contributed by atoms with Gasteiger partial charge < -0.3 is 14.2 Å². The Balaban J connectivity index is 1.42. The first-order chi connectivity index (χ1) is 14.2. The molecule has 6 heteroatoms. The van der Waals surface area contributed by atoms with Gasteiger partial charge in [-0.05, 0) is 49.1 Å². The van der Waals surface area contributed by atoms with Crippen LogP contribution in [0.3, 0.4) is 0 Å². The molecule has 0 spiro atoms. The molecule has 3 aromatic rings. The largest absolute Gasteiger partial charge is 0.497 e. The number of pyridine rings is 1. The summed E-state index contributed by atoms with van der Waals surface area (Å²) in [6.07, 6.45) is 6.03. The minimum Gasteiger partial charge on any atom is -0.497 e. The lowest BCUT2D eigenvalue weighted by Gasteiger charge is -2.19. The van der Waals surface area contributed by atoms with Crippen molar-refractivity contribution in [1.29, 1.82) is 0 Å². The summed E-state index contributed by atoms with van der Waals surface area (Å²) < 4.78 is 7.47. The van der Waals surface area contributed by atoms with Gasteiger partial charge in [-0.15, -0.1) is 0 Å². The number of hydrogen-bond acceptors (Lipinski definition) is 4. The van der Waals surface area contributed by atoms with Crippen LogP contribution in [0.1, 0.15) is 43.6 Å². The maximum absolute atomic E-state index is 12.8. The number of benzene rings is 1. The summed E-state index contributed by atoms with van der Waals surface area (Å²) in [5.41, 5.74) is 3.04. The Morgan fingerprint density at radius 3 is 2.79 bits per heavy atom. The highest BCUT2D eigenvalue weighted by Crippen LogP contribution is 2.28. The van der Waals surface area contributed by atoms with E-state index in [1.54, 1.807) is 7.11 Å². The summed E-state index contributed by atoms with van der Waals surface area (Å²) in [5, 5.41) is 0. The van der Waals surface area contributed by atoms with Crippen molar-refractivity contribution in [3.63, 3.8) is 0 Å². The van der Waals surface area contributed by atoms with Crippen molar-refractivity contribution in [1.82, 2.24) is 19.4 Å². The van der Waals surface area contributed by atoms with E-state index >= 15 is 0 Å². The lowest BCUT2D eigenvalue weighted by molar-refractivity contribution is -0.130. The fraction of sp³-hybridized carbons (Fsp3) is 0.435. The minimum absolute atomic E-state index is 0.220. The van der Waals surface area contributed by atoms with E-state index in [2.05, 4.69) is 16.5 Å². The summed E-state index contributed by atoms with van der Waals surface area (Å²) >= 11 is 0. The van der Waals surface area contributed by atoms with Gasteiger partial charge >= 0.3 is 0 Å². The fourth-order valence-electron chi connectivity index (χ4n) is 4.14. The van der Waals surface area contributed by atoms with E-state index in [-0.39, 0.29) is 11.9 Å². The van der Waals surface area contributed by atoms with Crippen molar-refractivity contribution in [2.45, 2.75) is 45.1 Å². The maximum Gasteiger partial charge on any atom is 0.222 e. The van der Waals surface area contributed by atoms with Crippen LogP contribution in [0.25, 0.3) is 11.2 Å². The molecule has 1 fully saturated rings. The Kier molecular flexibility index (Phi) is 5.79. The number of carbonyl (C=O) groups is 1. The maximum atomic E-state index is 12.8. The highest BCUT2D eigenvalue weighted by Gasteiger charge is 2.30. The molecule has 0 saturated carbocycles. The molecule has 1 amide bonds. The van der Waals surface area contributed by atoms with Crippen molar-refractivity contribution in [3.8, 4) is 5.75 Å². The van der Waals surface area contributed by atoms with Gasteiger partial charge in [-0.3, -0.25) is 4.79 Å². The number of ether oxygens (including phenoxy) is 1. The van der Waals surface area contributed by atoms with E-state index in [1.807, 2.05) is 47.5 Å². The molecule has 0 radical (unpaired) electrons. The predicted molar refractivity (Wildman–Crippen MR) is 113 cm³/mol. The van der Waals surface area contributed by atoms with Crippen LogP contribution in [0.5, 0.6) is 5.75 Å². The third kappa shape index (κ3) is 4.11. The Morgan fingerprint density at radius 1 is 1.21 bits per heavy atom. The van der Waals surface area contributed by atoms with Crippen LogP contribution < -0.4 is 4.74 Å². The van der Waals surface area contributed by atoms with E-state index < -0.39 is 0 Å². The topological polar surface area (TPSA) is 60.2 Å². The first-order valence-corrected chi connectivity index (χ1v) is 10.4. The van der Waals surface area contributed by atoms with Crippen molar-refractivity contribution in [2.24, 2.45) is 0 Å². The number of fused-ring (bicyclic) bond motifs is 1. The van der Waals surface area contributed by atoms with E-state index in [9.17, 15) is 4.79 Å². The number of rotatable bonds is 7. The third-order valence-corrected chi connectivity index (χ3v) is 5.66. The van der Waals surface area contributed by atoms with E-state index in [1.165, 1.54) is 0 Å². The van der Waals surface area contributed by atoms with Crippen LogP contribution in [0.2, 0.25) is 0 Å². The summed E-state index contributed by atoms with van der Waals surface area (Å²) in [4.78, 5) is 24.2. The van der Waals surface area contributed by atoms with Crippen molar-refractivity contribution < 1.29 is 9.53 Å². The van der Waals surface area contributed by atoms with Gasteiger partial charge in [-0.2, -0.15) is 0 Å². The first-order valence-electron chi connectivity index (χ1n) is 10.4. The van der Waals surface area contributed by atoms with Crippen molar-refractivity contribution >= 4 is 17.1 Å². The number of nitrogens with zero attached hydrogens (tertiary/aromatic N) is 4. The van der Waals surface area contributed by atoms with Gasteiger partial charge in [0.25, 0.3) is 0 Å². The minimum atomic E-state index is 0.220.